The lowest BCUT2D eigenvalue weighted by atomic mass is 10.1. The predicted molar refractivity (Wildman–Crippen MR) is 111 cm³/mol. The third-order valence-corrected chi connectivity index (χ3v) is 5.58. The van der Waals surface area contributed by atoms with Crippen molar-refractivity contribution >= 4 is 27.5 Å². The molecule has 136 valence electrons. The Labute approximate surface area is 162 Å². The molecule has 1 N–H and O–H groups in total. The van der Waals surface area contributed by atoms with Gasteiger partial charge in [-0.3, -0.25) is 4.79 Å². The third-order valence-electron chi connectivity index (χ3n) is 4.55. The van der Waals surface area contributed by atoms with E-state index in [4.69, 9.17) is 0 Å². The highest BCUT2D eigenvalue weighted by molar-refractivity contribution is 7.20. The zero-order chi connectivity index (χ0) is 18.6. The Kier molecular flexibility index (Phi) is 5.03. The zero-order valence-electron chi connectivity index (χ0n) is 15.1. The standard InChI is InChI=1S/C22H21N3OS/c1-16(9-10-17-7-3-2-4-8-17)23-21(26)18-11-12-19-20(15-18)27-22(24-19)25-13-5-6-14-25/h2-8,11-16H,9-10H2,1H3,(H,23,26). The highest BCUT2D eigenvalue weighted by atomic mass is 32.1. The predicted octanol–water partition coefficient (Wildman–Crippen LogP) is 4.84. The molecule has 0 aliphatic rings. The molecule has 27 heavy (non-hydrogen) atoms. The fourth-order valence-corrected chi connectivity index (χ4v) is 4.01. The van der Waals surface area contributed by atoms with Crippen molar-refractivity contribution in [3.63, 3.8) is 0 Å². The summed E-state index contributed by atoms with van der Waals surface area (Å²) in [5, 5.41) is 4.01. The van der Waals surface area contributed by atoms with Gasteiger partial charge in [-0.1, -0.05) is 41.7 Å². The Morgan fingerprint density at radius 2 is 1.89 bits per heavy atom. The second-order valence-electron chi connectivity index (χ2n) is 6.67. The number of carbonyl (C=O) groups is 1. The summed E-state index contributed by atoms with van der Waals surface area (Å²) < 4.78 is 3.00. The van der Waals surface area contributed by atoms with Gasteiger partial charge in [0.1, 0.15) is 0 Å². The van der Waals surface area contributed by atoms with Crippen molar-refractivity contribution in [2.45, 2.75) is 25.8 Å². The second-order valence-corrected chi connectivity index (χ2v) is 7.68. The minimum absolute atomic E-state index is 0.0339. The van der Waals surface area contributed by atoms with Gasteiger partial charge >= 0.3 is 0 Å². The summed E-state index contributed by atoms with van der Waals surface area (Å²) >= 11 is 1.58. The Hall–Kier alpha value is -2.92. The first-order valence-corrected chi connectivity index (χ1v) is 9.89. The van der Waals surface area contributed by atoms with Gasteiger partial charge in [-0.2, -0.15) is 0 Å². The number of fused-ring (bicyclic) bond motifs is 1. The normalized spacial score (nSPS) is 12.2. The number of aromatic nitrogens is 2. The van der Waals surface area contributed by atoms with E-state index in [1.165, 1.54) is 5.56 Å². The average molecular weight is 375 g/mol. The number of rotatable bonds is 6. The fourth-order valence-electron chi connectivity index (χ4n) is 3.03. The van der Waals surface area contributed by atoms with E-state index in [-0.39, 0.29) is 11.9 Å². The largest absolute Gasteiger partial charge is 0.350 e. The molecule has 0 fully saturated rings. The molecule has 1 unspecified atom stereocenters. The first-order valence-electron chi connectivity index (χ1n) is 9.08. The van der Waals surface area contributed by atoms with Crippen LogP contribution in [-0.4, -0.2) is 21.5 Å². The molecule has 2 aromatic heterocycles. The van der Waals surface area contributed by atoms with Gasteiger partial charge < -0.3 is 9.88 Å². The quantitative estimate of drug-likeness (QED) is 0.524. The number of carbonyl (C=O) groups excluding carboxylic acids is 1. The van der Waals surface area contributed by atoms with E-state index in [0.717, 1.165) is 28.2 Å². The molecular weight excluding hydrogens is 354 g/mol. The molecule has 0 spiro atoms. The molecule has 1 atom stereocenters. The monoisotopic (exact) mass is 375 g/mol. The SMILES string of the molecule is CC(CCc1ccccc1)NC(=O)c1ccc2nc(-n3cccc3)sc2c1. The lowest BCUT2D eigenvalue weighted by Gasteiger charge is -2.14. The van der Waals surface area contributed by atoms with Crippen LogP contribution in [0.2, 0.25) is 0 Å². The fraction of sp³-hybridized carbons (Fsp3) is 0.182. The van der Waals surface area contributed by atoms with Crippen molar-refractivity contribution < 1.29 is 4.79 Å². The van der Waals surface area contributed by atoms with E-state index in [1.54, 1.807) is 11.3 Å². The van der Waals surface area contributed by atoms with E-state index in [2.05, 4.69) is 29.4 Å². The number of benzene rings is 2. The summed E-state index contributed by atoms with van der Waals surface area (Å²) in [5.74, 6) is -0.0339. The smallest absolute Gasteiger partial charge is 0.251 e. The van der Waals surface area contributed by atoms with Gasteiger partial charge in [-0.05, 0) is 55.7 Å². The van der Waals surface area contributed by atoms with Gasteiger partial charge in [0.25, 0.3) is 5.91 Å². The molecule has 4 aromatic rings. The highest BCUT2D eigenvalue weighted by Crippen LogP contribution is 2.26. The summed E-state index contributed by atoms with van der Waals surface area (Å²) in [6, 6.07) is 20.1. The van der Waals surface area contributed by atoms with Crippen LogP contribution < -0.4 is 5.32 Å². The number of nitrogens with one attached hydrogen (secondary N) is 1. The van der Waals surface area contributed by atoms with Crippen molar-refractivity contribution in [3.05, 3.63) is 84.2 Å². The van der Waals surface area contributed by atoms with Gasteiger partial charge in [-0.15, -0.1) is 0 Å². The van der Waals surface area contributed by atoms with Crippen LogP contribution in [0, 0.1) is 0 Å². The Bertz CT molecular complexity index is 1040. The van der Waals surface area contributed by atoms with Gasteiger partial charge in [0, 0.05) is 24.0 Å². The minimum atomic E-state index is -0.0339. The summed E-state index contributed by atoms with van der Waals surface area (Å²) in [5.41, 5.74) is 2.89. The summed E-state index contributed by atoms with van der Waals surface area (Å²) in [7, 11) is 0. The van der Waals surface area contributed by atoms with Crippen LogP contribution in [0.5, 0.6) is 0 Å². The van der Waals surface area contributed by atoms with Crippen LogP contribution in [-0.2, 0) is 6.42 Å². The maximum atomic E-state index is 12.6. The van der Waals surface area contributed by atoms with Crippen molar-refractivity contribution in [2.75, 3.05) is 0 Å². The van der Waals surface area contributed by atoms with Gasteiger partial charge in [-0.25, -0.2) is 4.98 Å². The van der Waals surface area contributed by atoms with Crippen LogP contribution in [0.1, 0.15) is 29.3 Å². The van der Waals surface area contributed by atoms with Crippen LogP contribution in [0.3, 0.4) is 0 Å². The Morgan fingerprint density at radius 3 is 2.67 bits per heavy atom. The van der Waals surface area contributed by atoms with Crippen molar-refractivity contribution in [2.24, 2.45) is 0 Å². The molecule has 0 aliphatic carbocycles. The number of aryl methyl sites for hydroxylation is 1. The molecule has 4 nitrogen and oxygen atoms in total. The molecule has 0 saturated heterocycles. The number of hydrogen-bond donors (Lipinski definition) is 1. The Morgan fingerprint density at radius 1 is 1.11 bits per heavy atom. The number of amides is 1. The maximum absolute atomic E-state index is 12.6. The van der Waals surface area contributed by atoms with Crippen molar-refractivity contribution in [1.29, 1.82) is 0 Å². The Balaban J connectivity index is 1.42. The topological polar surface area (TPSA) is 46.9 Å². The minimum Gasteiger partial charge on any atom is -0.350 e. The summed E-state index contributed by atoms with van der Waals surface area (Å²) in [4.78, 5) is 17.2. The average Bonchev–Trinajstić information content (AvgIpc) is 3.35. The molecule has 0 bridgehead atoms. The molecule has 1 amide bonds. The maximum Gasteiger partial charge on any atom is 0.251 e. The second kappa shape index (κ2) is 7.76. The van der Waals surface area contributed by atoms with Crippen LogP contribution in [0.15, 0.2) is 73.1 Å². The molecule has 2 aromatic carbocycles. The van der Waals surface area contributed by atoms with Crippen LogP contribution >= 0.6 is 11.3 Å². The first-order chi connectivity index (χ1) is 13.2. The van der Waals surface area contributed by atoms with Crippen molar-refractivity contribution in [1.82, 2.24) is 14.9 Å². The summed E-state index contributed by atoms with van der Waals surface area (Å²) in [6.45, 7) is 2.05. The van der Waals surface area contributed by atoms with Crippen LogP contribution in [0.4, 0.5) is 0 Å². The van der Waals surface area contributed by atoms with Gasteiger partial charge in [0.15, 0.2) is 5.13 Å². The van der Waals surface area contributed by atoms with Crippen molar-refractivity contribution in [3.8, 4) is 5.13 Å². The summed E-state index contributed by atoms with van der Waals surface area (Å²) in [6.07, 6.45) is 5.81. The molecule has 4 rings (SSSR count). The first kappa shape index (κ1) is 17.5. The molecule has 0 aliphatic heterocycles. The highest BCUT2D eigenvalue weighted by Gasteiger charge is 2.12. The van der Waals surface area contributed by atoms with Crippen LogP contribution in [0.25, 0.3) is 15.3 Å². The lowest BCUT2D eigenvalue weighted by Crippen LogP contribution is -2.32. The third kappa shape index (κ3) is 4.09. The van der Waals surface area contributed by atoms with Gasteiger partial charge in [0.05, 0.1) is 10.2 Å². The molecule has 2 heterocycles. The van der Waals surface area contributed by atoms with E-state index in [0.29, 0.717) is 5.56 Å². The molecule has 0 saturated carbocycles. The van der Waals surface area contributed by atoms with E-state index in [1.807, 2.05) is 65.5 Å². The van der Waals surface area contributed by atoms with E-state index < -0.39 is 0 Å². The number of thiazole rings is 1. The van der Waals surface area contributed by atoms with E-state index in [9.17, 15) is 4.79 Å². The van der Waals surface area contributed by atoms with E-state index >= 15 is 0 Å². The molecular formula is C22H21N3OS. The molecule has 5 heteroatoms. The zero-order valence-corrected chi connectivity index (χ0v) is 15.9. The number of hydrogen-bond acceptors (Lipinski definition) is 3. The number of nitrogens with zero attached hydrogens (tertiary/aromatic N) is 2. The lowest BCUT2D eigenvalue weighted by molar-refractivity contribution is 0.0938. The molecule has 0 radical (unpaired) electrons. The van der Waals surface area contributed by atoms with Gasteiger partial charge in [0.2, 0.25) is 0 Å².